The maximum absolute atomic E-state index is 12.8. The number of halogens is 3. The van der Waals surface area contributed by atoms with Crippen molar-refractivity contribution in [1.29, 1.82) is 0 Å². The van der Waals surface area contributed by atoms with Gasteiger partial charge in [-0.05, 0) is 43.9 Å². The van der Waals surface area contributed by atoms with E-state index in [-0.39, 0.29) is 0 Å². The zero-order valence-corrected chi connectivity index (χ0v) is 11.5. The Morgan fingerprint density at radius 1 is 1.15 bits per heavy atom. The molecule has 1 unspecified atom stereocenters. The van der Waals surface area contributed by atoms with Crippen molar-refractivity contribution < 1.29 is 13.2 Å². The molecule has 1 aromatic carbocycles. The van der Waals surface area contributed by atoms with Crippen LogP contribution < -0.4 is 10.2 Å². The van der Waals surface area contributed by atoms with Gasteiger partial charge in [-0.2, -0.15) is 13.2 Å². The molecule has 2 fully saturated rings. The van der Waals surface area contributed by atoms with Crippen LogP contribution in [-0.4, -0.2) is 25.2 Å². The Bertz CT molecular complexity index is 494. The number of hydrogen-bond donors (Lipinski definition) is 1. The second-order valence-electron chi connectivity index (χ2n) is 5.87. The monoisotopic (exact) mass is 284 g/mol. The Labute approximate surface area is 117 Å². The lowest BCUT2D eigenvalue weighted by molar-refractivity contribution is -0.137. The summed E-state index contributed by atoms with van der Waals surface area (Å²) in [5.41, 5.74) is 1.07. The number of aryl methyl sites for hydroxylation is 1. The minimum atomic E-state index is -4.27. The fourth-order valence-corrected chi connectivity index (χ4v) is 2.82. The summed E-state index contributed by atoms with van der Waals surface area (Å²) in [5.74, 6) is 0. The van der Waals surface area contributed by atoms with Crippen LogP contribution in [0.3, 0.4) is 0 Å². The summed E-state index contributed by atoms with van der Waals surface area (Å²) in [6.45, 7) is 3.50. The van der Waals surface area contributed by atoms with Crippen molar-refractivity contribution in [3.63, 3.8) is 0 Å². The molecule has 110 valence electrons. The third kappa shape index (κ3) is 2.92. The van der Waals surface area contributed by atoms with Gasteiger partial charge in [0.25, 0.3) is 0 Å². The second kappa shape index (κ2) is 4.95. The topological polar surface area (TPSA) is 15.3 Å². The minimum Gasteiger partial charge on any atom is -0.370 e. The molecule has 2 nitrogen and oxygen atoms in total. The first-order valence-electron chi connectivity index (χ1n) is 7.12. The van der Waals surface area contributed by atoms with E-state index in [0.717, 1.165) is 36.8 Å². The van der Waals surface area contributed by atoms with Crippen molar-refractivity contribution in [1.82, 2.24) is 5.32 Å². The SMILES string of the molecule is Cc1ccc(C(F)(F)F)cc1N1CCC(NC2CC2)C1. The summed E-state index contributed by atoms with van der Waals surface area (Å²) in [7, 11) is 0. The summed E-state index contributed by atoms with van der Waals surface area (Å²) >= 11 is 0. The van der Waals surface area contributed by atoms with Gasteiger partial charge in [0.05, 0.1) is 5.56 Å². The molecule has 0 radical (unpaired) electrons. The molecule has 3 rings (SSSR count). The van der Waals surface area contributed by atoms with Crippen LogP contribution in [0, 0.1) is 6.92 Å². The lowest BCUT2D eigenvalue weighted by Crippen LogP contribution is -2.34. The molecule has 2 aliphatic rings. The molecule has 5 heteroatoms. The molecule has 1 aromatic rings. The van der Waals surface area contributed by atoms with Crippen LogP contribution in [0.25, 0.3) is 0 Å². The molecule has 0 aromatic heterocycles. The van der Waals surface area contributed by atoms with Crippen LogP contribution in [0.1, 0.15) is 30.4 Å². The predicted molar refractivity (Wildman–Crippen MR) is 73.0 cm³/mol. The summed E-state index contributed by atoms with van der Waals surface area (Å²) in [4.78, 5) is 2.07. The van der Waals surface area contributed by atoms with Gasteiger partial charge in [0, 0.05) is 30.9 Å². The van der Waals surface area contributed by atoms with E-state index in [1.165, 1.54) is 18.9 Å². The molecule has 0 bridgehead atoms. The first kappa shape index (κ1) is 13.7. The molecule has 1 aliphatic heterocycles. The van der Waals surface area contributed by atoms with Crippen molar-refractivity contribution in [3.05, 3.63) is 29.3 Å². The molecular formula is C15H19F3N2. The largest absolute Gasteiger partial charge is 0.416 e. The number of anilines is 1. The van der Waals surface area contributed by atoms with Gasteiger partial charge in [0.2, 0.25) is 0 Å². The van der Waals surface area contributed by atoms with Crippen molar-refractivity contribution in [2.24, 2.45) is 0 Å². The van der Waals surface area contributed by atoms with E-state index in [9.17, 15) is 13.2 Å². The van der Waals surface area contributed by atoms with Crippen molar-refractivity contribution >= 4 is 5.69 Å². The smallest absolute Gasteiger partial charge is 0.370 e. The third-order valence-electron chi connectivity index (χ3n) is 4.11. The Morgan fingerprint density at radius 3 is 2.55 bits per heavy atom. The fourth-order valence-electron chi connectivity index (χ4n) is 2.82. The average Bonchev–Trinajstić information content (AvgIpc) is 3.05. The van der Waals surface area contributed by atoms with Crippen molar-refractivity contribution in [2.75, 3.05) is 18.0 Å². The molecule has 1 saturated heterocycles. The van der Waals surface area contributed by atoms with Gasteiger partial charge in [-0.1, -0.05) is 6.07 Å². The van der Waals surface area contributed by atoms with E-state index < -0.39 is 11.7 Å². The average molecular weight is 284 g/mol. The van der Waals surface area contributed by atoms with Gasteiger partial charge in [0.15, 0.2) is 0 Å². The quantitative estimate of drug-likeness (QED) is 0.915. The van der Waals surface area contributed by atoms with Crippen LogP contribution in [0.15, 0.2) is 18.2 Å². The molecule has 1 saturated carbocycles. The second-order valence-corrected chi connectivity index (χ2v) is 5.87. The molecule has 1 atom stereocenters. The van der Waals surface area contributed by atoms with Gasteiger partial charge < -0.3 is 10.2 Å². The maximum atomic E-state index is 12.8. The maximum Gasteiger partial charge on any atom is 0.416 e. The van der Waals surface area contributed by atoms with E-state index in [1.54, 1.807) is 6.07 Å². The number of hydrogen-bond acceptors (Lipinski definition) is 2. The van der Waals surface area contributed by atoms with Gasteiger partial charge >= 0.3 is 6.18 Å². The molecule has 0 amide bonds. The van der Waals surface area contributed by atoms with Gasteiger partial charge in [-0.15, -0.1) is 0 Å². The lowest BCUT2D eigenvalue weighted by Gasteiger charge is -2.22. The summed E-state index contributed by atoms with van der Waals surface area (Å²) in [6.07, 6.45) is -0.793. The Morgan fingerprint density at radius 2 is 1.90 bits per heavy atom. The van der Waals surface area contributed by atoms with Crippen LogP contribution in [0.5, 0.6) is 0 Å². The first-order chi connectivity index (χ1) is 9.43. The highest BCUT2D eigenvalue weighted by molar-refractivity contribution is 5.56. The zero-order valence-electron chi connectivity index (χ0n) is 11.5. The van der Waals surface area contributed by atoms with E-state index in [4.69, 9.17) is 0 Å². The molecular weight excluding hydrogens is 265 g/mol. The van der Waals surface area contributed by atoms with E-state index in [1.807, 2.05) is 6.92 Å². The van der Waals surface area contributed by atoms with Crippen LogP contribution in [0.4, 0.5) is 18.9 Å². The van der Waals surface area contributed by atoms with Gasteiger partial charge in [-0.3, -0.25) is 0 Å². The molecule has 20 heavy (non-hydrogen) atoms. The molecule has 0 spiro atoms. The van der Waals surface area contributed by atoms with Crippen LogP contribution in [-0.2, 0) is 6.18 Å². The van der Waals surface area contributed by atoms with E-state index in [2.05, 4.69) is 10.2 Å². The van der Waals surface area contributed by atoms with Crippen molar-refractivity contribution in [2.45, 2.75) is 44.4 Å². The molecule has 1 heterocycles. The first-order valence-corrected chi connectivity index (χ1v) is 7.12. The number of rotatable bonds is 3. The molecule has 1 aliphatic carbocycles. The van der Waals surface area contributed by atoms with Gasteiger partial charge in [0.1, 0.15) is 0 Å². The van der Waals surface area contributed by atoms with Gasteiger partial charge in [-0.25, -0.2) is 0 Å². The highest BCUT2D eigenvalue weighted by atomic mass is 19.4. The number of nitrogens with one attached hydrogen (secondary N) is 1. The number of nitrogens with zero attached hydrogens (tertiary/aromatic N) is 1. The normalized spacial score (nSPS) is 23.4. The highest BCUT2D eigenvalue weighted by Gasteiger charge is 2.33. The fraction of sp³-hybridized carbons (Fsp3) is 0.600. The Kier molecular flexibility index (Phi) is 3.40. The van der Waals surface area contributed by atoms with Crippen LogP contribution in [0.2, 0.25) is 0 Å². The number of alkyl halides is 3. The summed E-state index contributed by atoms with van der Waals surface area (Å²) in [6, 6.07) is 5.07. The Hall–Kier alpha value is -1.23. The standard InChI is InChI=1S/C15H19F3N2/c1-10-2-3-11(15(16,17)18)8-14(10)20-7-6-13(9-20)19-12-4-5-12/h2-3,8,12-13,19H,4-7,9H2,1H3. The minimum absolute atomic E-state index is 0.413. The third-order valence-corrected chi connectivity index (χ3v) is 4.11. The predicted octanol–water partition coefficient (Wildman–Crippen LogP) is 3.34. The Balaban J connectivity index is 1.75. The zero-order chi connectivity index (χ0) is 14.3. The van der Waals surface area contributed by atoms with E-state index >= 15 is 0 Å². The lowest BCUT2D eigenvalue weighted by atomic mass is 10.1. The van der Waals surface area contributed by atoms with Crippen molar-refractivity contribution in [3.8, 4) is 0 Å². The van der Waals surface area contributed by atoms with Crippen LogP contribution >= 0.6 is 0 Å². The summed E-state index contributed by atoms with van der Waals surface area (Å²) in [5, 5.41) is 3.55. The molecule has 1 N–H and O–H groups in total. The number of benzene rings is 1. The highest BCUT2D eigenvalue weighted by Crippen LogP contribution is 2.34. The summed E-state index contributed by atoms with van der Waals surface area (Å²) < 4.78 is 38.4. The van der Waals surface area contributed by atoms with E-state index in [0.29, 0.717) is 12.1 Å².